The lowest BCUT2D eigenvalue weighted by atomic mass is 10.2. The van der Waals surface area contributed by atoms with E-state index >= 15 is 0 Å². The van der Waals surface area contributed by atoms with Gasteiger partial charge in [-0.05, 0) is 42.4 Å². The first kappa shape index (κ1) is 18.9. The van der Waals surface area contributed by atoms with E-state index in [0.29, 0.717) is 29.5 Å². The first-order valence-electron chi connectivity index (χ1n) is 8.21. The fraction of sp³-hybridized carbons (Fsp3) is 0.143. The molecule has 0 unspecified atom stereocenters. The highest BCUT2D eigenvalue weighted by molar-refractivity contribution is 6.85. The van der Waals surface area contributed by atoms with Crippen LogP contribution in [-0.4, -0.2) is 8.24 Å². The summed E-state index contributed by atoms with van der Waals surface area (Å²) in [5, 5.41) is 0. The Bertz CT molecular complexity index is 685. The van der Waals surface area contributed by atoms with Gasteiger partial charge in [0.1, 0.15) is 11.6 Å². The third-order valence-corrected chi connectivity index (χ3v) is 8.81. The molecule has 130 valence electrons. The zero-order valence-electron chi connectivity index (χ0n) is 14.3. The monoisotopic (exact) mass is 355 g/mol. The summed E-state index contributed by atoms with van der Waals surface area (Å²) in [7, 11) is -2.47. The average Bonchev–Trinajstić information content (AvgIpc) is 2.59. The highest BCUT2D eigenvalue weighted by atomic mass is 28.3. The fourth-order valence-electron chi connectivity index (χ4n) is 3.24. The molecule has 2 aromatic rings. The third kappa shape index (κ3) is 3.96. The standard InChI is InChI=1S/C21H23F2NSi/c1-4-15-25(16-5-2,17-6-3)24(20-13-9-7-11-18(20)22)21-14-10-8-12-19(21)23/h4-14H,1-3,15-17H2. The Labute approximate surface area is 149 Å². The van der Waals surface area contributed by atoms with Crippen LogP contribution >= 0.6 is 0 Å². The van der Waals surface area contributed by atoms with Gasteiger partial charge in [0.2, 0.25) is 0 Å². The number of para-hydroxylation sites is 2. The van der Waals surface area contributed by atoms with Crippen molar-refractivity contribution in [3.8, 4) is 0 Å². The van der Waals surface area contributed by atoms with Crippen LogP contribution in [0.25, 0.3) is 0 Å². The molecule has 2 aromatic carbocycles. The summed E-state index contributed by atoms with van der Waals surface area (Å²) in [6.07, 6.45) is 5.48. The minimum Gasteiger partial charge on any atom is -0.363 e. The predicted octanol–water partition coefficient (Wildman–Crippen LogP) is 6.61. The van der Waals surface area contributed by atoms with Gasteiger partial charge in [-0.2, -0.15) is 0 Å². The van der Waals surface area contributed by atoms with E-state index in [1.165, 1.54) is 12.1 Å². The second kappa shape index (κ2) is 8.58. The van der Waals surface area contributed by atoms with Crippen molar-refractivity contribution in [1.29, 1.82) is 0 Å². The molecule has 2 rings (SSSR count). The molecule has 0 spiro atoms. The van der Waals surface area contributed by atoms with E-state index in [1.807, 2.05) is 22.8 Å². The molecule has 0 aliphatic heterocycles. The Hall–Kier alpha value is -2.46. The number of halogens is 2. The molecule has 0 fully saturated rings. The van der Waals surface area contributed by atoms with Gasteiger partial charge in [0.25, 0.3) is 0 Å². The van der Waals surface area contributed by atoms with Crippen LogP contribution in [-0.2, 0) is 0 Å². The molecule has 4 heteroatoms. The molecule has 0 atom stereocenters. The predicted molar refractivity (Wildman–Crippen MR) is 106 cm³/mol. The maximum Gasteiger partial charge on any atom is 0.173 e. The molecular weight excluding hydrogens is 332 g/mol. The van der Waals surface area contributed by atoms with Gasteiger partial charge in [0, 0.05) is 0 Å². The van der Waals surface area contributed by atoms with Crippen molar-refractivity contribution in [3.05, 3.63) is 98.1 Å². The molecule has 0 N–H and O–H groups in total. The SMILES string of the molecule is C=CC[Si](CC=C)(CC=C)N(c1ccccc1F)c1ccccc1F. The number of anilines is 2. The van der Waals surface area contributed by atoms with Gasteiger partial charge in [-0.25, -0.2) is 8.78 Å². The minimum atomic E-state index is -2.47. The topological polar surface area (TPSA) is 3.24 Å². The third-order valence-electron chi connectivity index (χ3n) is 4.23. The van der Waals surface area contributed by atoms with Crippen LogP contribution in [0, 0.1) is 11.6 Å². The molecule has 0 saturated heterocycles. The summed E-state index contributed by atoms with van der Waals surface area (Å²) in [4.78, 5) is 0. The quantitative estimate of drug-likeness (QED) is 0.361. The van der Waals surface area contributed by atoms with Gasteiger partial charge in [0.15, 0.2) is 8.24 Å². The van der Waals surface area contributed by atoms with E-state index in [2.05, 4.69) is 19.7 Å². The van der Waals surface area contributed by atoms with Crippen LogP contribution in [0.5, 0.6) is 0 Å². The summed E-state index contributed by atoms with van der Waals surface area (Å²) in [6.45, 7) is 11.6. The summed E-state index contributed by atoms with van der Waals surface area (Å²) in [5.74, 6) is -0.750. The Morgan fingerprint density at radius 1 is 0.720 bits per heavy atom. The van der Waals surface area contributed by atoms with Crippen LogP contribution in [0.3, 0.4) is 0 Å². The van der Waals surface area contributed by atoms with Crippen molar-refractivity contribution in [2.24, 2.45) is 0 Å². The first-order chi connectivity index (χ1) is 12.1. The Morgan fingerprint density at radius 3 is 1.40 bits per heavy atom. The van der Waals surface area contributed by atoms with Crippen LogP contribution in [0.4, 0.5) is 20.2 Å². The lowest BCUT2D eigenvalue weighted by Crippen LogP contribution is -2.51. The second-order valence-electron chi connectivity index (χ2n) is 5.94. The van der Waals surface area contributed by atoms with Crippen LogP contribution in [0.2, 0.25) is 18.1 Å². The van der Waals surface area contributed by atoms with E-state index in [4.69, 9.17) is 0 Å². The molecule has 1 nitrogen and oxygen atoms in total. The molecule has 25 heavy (non-hydrogen) atoms. The van der Waals surface area contributed by atoms with E-state index < -0.39 is 8.24 Å². The first-order valence-corrected chi connectivity index (χ1v) is 10.8. The lowest BCUT2D eigenvalue weighted by Gasteiger charge is -2.43. The maximum absolute atomic E-state index is 14.7. The van der Waals surface area contributed by atoms with Crippen LogP contribution in [0.15, 0.2) is 86.5 Å². The molecule has 0 aromatic heterocycles. The van der Waals surface area contributed by atoms with E-state index in [1.54, 1.807) is 36.4 Å². The number of hydrogen-bond donors (Lipinski definition) is 0. The van der Waals surface area contributed by atoms with Crippen molar-refractivity contribution >= 4 is 19.6 Å². The number of hydrogen-bond acceptors (Lipinski definition) is 1. The molecule has 0 aliphatic rings. The zero-order chi connectivity index (χ0) is 18.3. The summed E-state index contributed by atoms with van der Waals surface area (Å²) < 4.78 is 31.2. The van der Waals surface area contributed by atoms with Crippen LogP contribution < -0.4 is 4.57 Å². The second-order valence-corrected chi connectivity index (χ2v) is 10.1. The van der Waals surface area contributed by atoms with Crippen LogP contribution in [0.1, 0.15) is 0 Å². The molecule has 0 radical (unpaired) electrons. The number of benzene rings is 2. The van der Waals surface area contributed by atoms with Gasteiger partial charge in [-0.15, -0.1) is 19.7 Å². The Morgan fingerprint density at radius 2 is 1.08 bits per heavy atom. The van der Waals surface area contributed by atoms with Crippen molar-refractivity contribution in [3.63, 3.8) is 0 Å². The fourth-order valence-corrected chi connectivity index (χ4v) is 7.28. The van der Waals surface area contributed by atoms with Crippen molar-refractivity contribution in [2.75, 3.05) is 4.57 Å². The highest BCUT2D eigenvalue weighted by Crippen LogP contribution is 2.40. The Kier molecular flexibility index (Phi) is 6.48. The lowest BCUT2D eigenvalue weighted by molar-refractivity contribution is 0.620. The van der Waals surface area contributed by atoms with Crippen molar-refractivity contribution in [1.82, 2.24) is 0 Å². The Balaban J connectivity index is 2.78. The number of allylic oxidation sites excluding steroid dienone is 3. The normalized spacial score (nSPS) is 11.0. The van der Waals surface area contributed by atoms with Gasteiger partial charge >= 0.3 is 0 Å². The smallest absolute Gasteiger partial charge is 0.173 e. The van der Waals surface area contributed by atoms with Crippen molar-refractivity contribution in [2.45, 2.75) is 18.1 Å². The van der Waals surface area contributed by atoms with Gasteiger partial charge < -0.3 is 4.57 Å². The molecule has 0 bridgehead atoms. The summed E-state index contributed by atoms with van der Waals surface area (Å²) in [5.41, 5.74) is 0.759. The highest BCUT2D eigenvalue weighted by Gasteiger charge is 2.40. The number of rotatable bonds is 9. The molecule has 0 aliphatic carbocycles. The van der Waals surface area contributed by atoms with Crippen molar-refractivity contribution < 1.29 is 8.78 Å². The molecule has 0 saturated carbocycles. The maximum atomic E-state index is 14.7. The van der Waals surface area contributed by atoms with E-state index in [-0.39, 0.29) is 11.6 Å². The van der Waals surface area contributed by atoms with Gasteiger partial charge in [-0.3, -0.25) is 0 Å². The summed E-state index contributed by atoms with van der Waals surface area (Å²) in [6, 6.07) is 15.0. The zero-order valence-corrected chi connectivity index (χ0v) is 15.3. The molecule has 0 heterocycles. The average molecular weight is 356 g/mol. The molecule has 0 amide bonds. The summed E-state index contributed by atoms with van der Waals surface area (Å²) >= 11 is 0. The van der Waals surface area contributed by atoms with E-state index in [0.717, 1.165) is 0 Å². The van der Waals surface area contributed by atoms with E-state index in [9.17, 15) is 8.78 Å². The minimum absolute atomic E-state index is 0.375. The van der Waals surface area contributed by atoms with Gasteiger partial charge in [-0.1, -0.05) is 42.5 Å². The molecular formula is C21H23F2NSi. The largest absolute Gasteiger partial charge is 0.363 e. The number of nitrogens with zero attached hydrogens (tertiary/aromatic N) is 1. The van der Waals surface area contributed by atoms with Gasteiger partial charge in [0.05, 0.1) is 11.4 Å².